The van der Waals surface area contributed by atoms with Crippen LogP contribution in [-0.2, 0) is 12.1 Å². The first kappa shape index (κ1) is 15.5. The van der Waals surface area contributed by atoms with Gasteiger partial charge in [0, 0.05) is 29.2 Å². The lowest BCUT2D eigenvalue weighted by Gasteiger charge is -2.18. The summed E-state index contributed by atoms with van der Waals surface area (Å²) in [6, 6.07) is 10.0. The van der Waals surface area contributed by atoms with Gasteiger partial charge in [-0.05, 0) is 36.6 Å². The molecule has 2 aromatic heterocycles. The molecule has 0 atom stereocenters. The third-order valence-electron chi connectivity index (χ3n) is 4.37. The third kappa shape index (κ3) is 2.87. The maximum Gasteiger partial charge on any atom is 0.139 e. The summed E-state index contributed by atoms with van der Waals surface area (Å²) in [6.45, 7) is 0.341. The van der Waals surface area contributed by atoms with E-state index in [4.69, 9.17) is 27.9 Å². The molecule has 1 aliphatic rings. The monoisotopic (exact) mass is 359 g/mol. The summed E-state index contributed by atoms with van der Waals surface area (Å²) in [6.07, 6.45) is 9.35. The molecule has 0 unspecified atom stereocenters. The summed E-state index contributed by atoms with van der Waals surface area (Å²) >= 11 is 12.2. The molecule has 0 bridgehead atoms. The van der Waals surface area contributed by atoms with Gasteiger partial charge in [-0.2, -0.15) is 0 Å². The number of rotatable bonds is 5. The molecule has 2 heterocycles. The maximum atomic E-state index is 6.15. The number of benzene rings is 1. The van der Waals surface area contributed by atoms with Gasteiger partial charge in [-0.15, -0.1) is 0 Å². The summed E-state index contributed by atoms with van der Waals surface area (Å²) in [5, 5.41) is 1.18. The Morgan fingerprint density at radius 3 is 2.83 bits per heavy atom. The highest BCUT2D eigenvalue weighted by molar-refractivity contribution is 6.30. The molecule has 0 radical (unpaired) electrons. The zero-order chi connectivity index (χ0) is 16.6. The van der Waals surface area contributed by atoms with Gasteiger partial charge < -0.3 is 9.30 Å². The number of halogens is 2. The molecule has 24 heavy (non-hydrogen) atoms. The van der Waals surface area contributed by atoms with Crippen LogP contribution >= 0.6 is 23.2 Å². The predicted octanol–water partition coefficient (Wildman–Crippen LogP) is 4.70. The number of hydrogen-bond donors (Lipinski definition) is 0. The molecule has 4 rings (SSSR count). The van der Waals surface area contributed by atoms with Crippen LogP contribution < -0.4 is 4.74 Å². The zero-order valence-corrected chi connectivity index (χ0v) is 14.3. The summed E-state index contributed by atoms with van der Waals surface area (Å²) in [5.41, 5.74) is 2.00. The molecule has 6 heteroatoms. The van der Waals surface area contributed by atoms with Crippen LogP contribution in [0.1, 0.15) is 24.0 Å². The molecule has 122 valence electrons. The Bertz CT molecular complexity index is 874. The number of ether oxygens (including phenoxy) is 1. The molecule has 1 fully saturated rings. The Balaban J connectivity index is 1.52. The van der Waals surface area contributed by atoms with E-state index in [2.05, 4.69) is 20.6 Å². The lowest BCUT2D eigenvalue weighted by atomic mass is 10.1. The molecule has 0 amide bonds. The second kappa shape index (κ2) is 6.11. The summed E-state index contributed by atoms with van der Waals surface area (Å²) in [5.74, 6) is 0.795. The summed E-state index contributed by atoms with van der Waals surface area (Å²) in [7, 11) is 0. The van der Waals surface area contributed by atoms with Crippen LogP contribution in [0.4, 0.5) is 0 Å². The van der Waals surface area contributed by atoms with Crippen molar-refractivity contribution in [1.82, 2.24) is 14.5 Å². The van der Waals surface area contributed by atoms with Crippen molar-refractivity contribution < 1.29 is 4.74 Å². The first-order chi connectivity index (χ1) is 11.7. The number of aromatic nitrogens is 3. The Morgan fingerprint density at radius 2 is 2.08 bits per heavy atom. The van der Waals surface area contributed by atoms with Gasteiger partial charge in [0.1, 0.15) is 23.8 Å². The fourth-order valence-electron chi connectivity index (χ4n) is 2.92. The highest BCUT2D eigenvalue weighted by Gasteiger charge is 2.46. The summed E-state index contributed by atoms with van der Waals surface area (Å²) in [4.78, 5) is 7.92. The highest BCUT2D eigenvalue weighted by atomic mass is 35.5. The topological polar surface area (TPSA) is 39.9 Å². The molecule has 1 aliphatic carbocycles. The molecule has 3 aromatic rings. The van der Waals surface area contributed by atoms with E-state index in [1.165, 1.54) is 11.9 Å². The first-order valence-electron chi connectivity index (χ1n) is 7.69. The van der Waals surface area contributed by atoms with E-state index < -0.39 is 0 Å². The fraction of sp³-hybridized carbons (Fsp3) is 0.222. The largest absolute Gasteiger partial charge is 0.487 e. The van der Waals surface area contributed by atoms with Crippen molar-refractivity contribution in [2.75, 3.05) is 0 Å². The minimum absolute atomic E-state index is 0.0000130. The summed E-state index contributed by atoms with van der Waals surface area (Å²) < 4.78 is 8.03. The second-order valence-electron chi connectivity index (χ2n) is 5.92. The lowest BCUT2D eigenvalue weighted by Crippen LogP contribution is -2.16. The van der Waals surface area contributed by atoms with Crippen molar-refractivity contribution in [3.05, 3.63) is 76.6 Å². The Morgan fingerprint density at radius 1 is 1.21 bits per heavy atom. The van der Waals surface area contributed by atoms with E-state index in [1.807, 2.05) is 36.7 Å². The van der Waals surface area contributed by atoms with Gasteiger partial charge in [-0.25, -0.2) is 9.97 Å². The molecular weight excluding hydrogens is 345 g/mol. The number of hydrogen-bond acceptors (Lipinski definition) is 3. The van der Waals surface area contributed by atoms with Crippen molar-refractivity contribution in [3.8, 4) is 5.75 Å². The van der Waals surface area contributed by atoms with Crippen LogP contribution in [-0.4, -0.2) is 14.5 Å². The standard InChI is InChI=1S/C18H15Cl2N3O/c19-15-3-1-2-14(8-15)18(5-6-18)23-7-4-16(10-23)24-11-13-9-21-12-22-17(13)20/h1-4,7-10,12H,5-6,11H2. The quantitative estimate of drug-likeness (QED) is 0.619. The van der Waals surface area contributed by atoms with Crippen molar-refractivity contribution in [1.29, 1.82) is 0 Å². The Kier molecular flexibility index (Phi) is 3.94. The minimum atomic E-state index is 0.0000130. The second-order valence-corrected chi connectivity index (χ2v) is 6.72. The first-order valence-corrected chi connectivity index (χ1v) is 8.45. The average molecular weight is 360 g/mol. The van der Waals surface area contributed by atoms with Gasteiger partial charge in [-0.1, -0.05) is 35.3 Å². The van der Waals surface area contributed by atoms with Crippen molar-refractivity contribution in [2.45, 2.75) is 25.0 Å². The molecule has 1 saturated carbocycles. The number of nitrogens with zero attached hydrogens (tertiary/aromatic N) is 3. The van der Waals surface area contributed by atoms with Crippen molar-refractivity contribution in [3.63, 3.8) is 0 Å². The molecule has 0 N–H and O–H groups in total. The van der Waals surface area contributed by atoms with Crippen molar-refractivity contribution >= 4 is 23.2 Å². The third-order valence-corrected chi connectivity index (χ3v) is 4.95. The van der Waals surface area contributed by atoms with Gasteiger partial charge in [0.25, 0.3) is 0 Å². The molecular formula is C18H15Cl2N3O. The van der Waals surface area contributed by atoms with Gasteiger partial charge in [0.2, 0.25) is 0 Å². The van der Waals surface area contributed by atoms with Gasteiger partial charge in [0.15, 0.2) is 0 Å². The minimum Gasteiger partial charge on any atom is -0.487 e. The van der Waals surface area contributed by atoms with Crippen LogP contribution in [0.5, 0.6) is 5.75 Å². The van der Waals surface area contributed by atoms with Gasteiger partial charge in [0.05, 0.1) is 5.54 Å². The maximum absolute atomic E-state index is 6.15. The molecule has 1 aromatic carbocycles. The van der Waals surface area contributed by atoms with Crippen LogP contribution in [0.2, 0.25) is 10.2 Å². The zero-order valence-electron chi connectivity index (χ0n) is 12.8. The highest BCUT2D eigenvalue weighted by Crippen LogP contribution is 2.50. The Hall–Kier alpha value is -2.04. The van der Waals surface area contributed by atoms with E-state index >= 15 is 0 Å². The molecule has 0 spiro atoms. The van der Waals surface area contributed by atoms with Crippen LogP contribution in [0, 0.1) is 0 Å². The van der Waals surface area contributed by atoms with Crippen LogP contribution in [0.15, 0.2) is 55.2 Å². The van der Waals surface area contributed by atoms with E-state index in [-0.39, 0.29) is 5.54 Å². The van der Waals surface area contributed by atoms with Gasteiger partial charge in [-0.3, -0.25) is 0 Å². The van der Waals surface area contributed by atoms with E-state index in [0.29, 0.717) is 11.8 Å². The van der Waals surface area contributed by atoms with E-state index in [9.17, 15) is 0 Å². The van der Waals surface area contributed by atoms with E-state index in [0.717, 1.165) is 29.2 Å². The molecule has 0 aliphatic heterocycles. The normalized spacial score (nSPS) is 15.2. The lowest BCUT2D eigenvalue weighted by molar-refractivity contribution is 0.304. The smallest absolute Gasteiger partial charge is 0.139 e. The Labute approximate surface area is 150 Å². The average Bonchev–Trinajstić information content (AvgIpc) is 3.26. The predicted molar refractivity (Wildman–Crippen MR) is 93.6 cm³/mol. The SMILES string of the molecule is Clc1cccc(C2(n3ccc(OCc4cncnc4Cl)c3)CC2)c1. The van der Waals surface area contributed by atoms with Gasteiger partial charge >= 0.3 is 0 Å². The van der Waals surface area contributed by atoms with Crippen LogP contribution in [0.3, 0.4) is 0 Å². The molecule has 0 saturated heterocycles. The fourth-order valence-corrected chi connectivity index (χ4v) is 3.26. The van der Waals surface area contributed by atoms with E-state index in [1.54, 1.807) is 6.20 Å². The molecule has 4 nitrogen and oxygen atoms in total. The van der Waals surface area contributed by atoms with Crippen LogP contribution in [0.25, 0.3) is 0 Å². The van der Waals surface area contributed by atoms with Crippen molar-refractivity contribution in [2.24, 2.45) is 0 Å².